The topological polar surface area (TPSA) is 48.0 Å². The summed E-state index contributed by atoms with van der Waals surface area (Å²) in [5.74, 6) is 0. The van der Waals surface area contributed by atoms with Gasteiger partial charge in [-0.05, 0) is 25.5 Å². The number of benzene rings is 1. The highest BCUT2D eigenvalue weighted by atomic mass is 16.2. The second-order valence-electron chi connectivity index (χ2n) is 3.12. The van der Waals surface area contributed by atoms with Gasteiger partial charge in [0.1, 0.15) is 0 Å². The van der Waals surface area contributed by atoms with Crippen LogP contribution in [0.1, 0.15) is 5.69 Å². The van der Waals surface area contributed by atoms with E-state index in [-0.39, 0.29) is 0 Å². The molecule has 2 aromatic rings. The maximum absolute atomic E-state index is 11.2. The van der Waals surface area contributed by atoms with Gasteiger partial charge in [-0.2, -0.15) is 0 Å². The molecule has 0 aliphatic rings. The van der Waals surface area contributed by atoms with Crippen LogP contribution in [0.25, 0.3) is 10.9 Å². The van der Waals surface area contributed by atoms with E-state index in [1.807, 2.05) is 30.3 Å². The molecule has 3 nitrogen and oxygen atoms in total. The zero-order valence-corrected chi connectivity index (χ0v) is 7.73. The summed E-state index contributed by atoms with van der Waals surface area (Å²) in [4.78, 5) is 11.2. The summed E-state index contributed by atoms with van der Waals surface area (Å²) in [6, 6.07) is 9.12. The Balaban J connectivity index is 2.81. The van der Waals surface area contributed by atoms with Crippen molar-refractivity contribution in [2.45, 2.75) is 6.42 Å². The molecule has 0 fully saturated rings. The first-order valence-corrected chi connectivity index (χ1v) is 4.42. The second kappa shape index (κ2) is 3.18. The molecule has 0 spiro atoms. The first-order valence-electron chi connectivity index (χ1n) is 4.42. The van der Waals surface area contributed by atoms with E-state index >= 15 is 0 Å². The van der Waals surface area contributed by atoms with E-state index in [1.54, 1.807) is 0 Å². The van der Waals surface area contributed by atoms with Gasteiger partial charge in [0.2, 0.25) is 0 Å². The molecule has 1 amide bonds. The van der Waals surface area contributed by atoms with Crippen LogP contribution in [0.5, 0.6) is 0 Å². The number of rotatable bonds is 1. The molecule has 0 aliphatic carbocycles. The number of amides is 1. The summed E-state index contributed by atoms with van der Waals surface area (Å²) < 4.78 is 1.50. The van der Waals surface area contributed by atoms with Crippen LogP contribution in [0.3, 0.4) is 0 Å². The Bertz CT molecular complexity index is 485. The number of nitrogens with two attached hydrogens (primary N) is 1. The minimum Gasteiger partial charge on any atom is -0.351 e. The number of carbonyl (C=O) groups is 1. The number of hydrogen-bond acceptors (Lipinski definition) is 1. The van der Waals surface area contributed by atoms with Crippen molar-refractivity contribution in [2.75, 3.05) is 0 Å². The van der Waals surface area contributed by atoms with Crippen LogP contribution in [0.2, 0.25) is 0 Å². The van der Waals surface area contributed by atoms with Gasteiger partial charge in [0.25, 0.3) is 0 Å². The number of carbonyl (C=O) groups excluding carboxylic acids is 1. The predicted molar refractivity (Wildman–Crippen MR) is 56.0 cm³/mol. The van der Waals surface area contributed by atoms with Crippen LogP contribution < -0.4 is 5.73 Å². The Morgan fingerprint density at radius 2 is 2.14 bits per heavy atom. The molecule has 71 valence electrons. The molecule has 1 aromatic carbocycles. The molecule has 0 aliphatic heterocycles. The first-order chi connectivity index (χ1) is 6.74. The van der Waals surface area contributed by atoms with E-state index in [4.69, 9.17) is 5.73 Å². The van der Waals surface area contributed by atoms with E-state index in [1.165, 1.54) is 4.57 Å². The zero-order chi connectivity index (χ0) is 10.1. The number of primary amides is 1. The minimum absolute atomic E-state index is 0.454. The molecule has 14 heavy (non-hydrogen) atoms. The molecule has 1 radical (unpaired) electrons. The van der Waals surface area contributed by atoms with Crippen molar-refractivity contribution in [2.24, 2.45) is 5.73 Å². The van der Waals surface area contributed by atoms with Gasteiger partial charge in [-0.15, -0.1) is 0 Å². The van der Waals surface area contributed by atoms with Gasteiger partial charge < -0.3 is 5.73 Å². The lowest BCUT2D eigenvalue weighted by Crippen LogP contribution is -2.21. The third-order valence-electron chi connectivity index (χ3n) is 2.26. The number of nitrogens with zero attached hydrogens (tertiary/aromatic N) is 1. The fourth-order valence-electron chi connectivity index (χ4n) is 1.66. The molecule has 1 aromatic heterocycles. The van der Waals surface area contributed by atoms with E-state index in [9.17, 15) is 4.79 Å². The predicted octanol–water partition coefficient (Wildman–Crippen LogP) is 1.94. The van der Waals surface area contributed by atoms with Gasteiger partial charge in [0, 0.05) is 11.1 Å². The Hall–Kier alpha value is -1.77. The monoisotopic (exact) mass is 187 g/mol. The lowest BCUT2D eigenvalue weighted by Gasteiger charge is -2.02. The number of para-hydroxylation sites is 1. The van der Waals surface area contributed by atoms with E-state index in [2.05, 4.69) is 6.92 Å². The van der Waals surface area contributed by atoms with Crippen molar-refractivity contribution < 1.29 is 4.79 Å². The lowest BCUT2D eigenvalue weighted by molar-refractivity contribution is 0.250. The number of hydrogen-bond donors (Lipinski definition) is 1. The Morgan fingerprint density at radius 1 is 1.43 bits per heavy atom. The van der Waals surface area contributed by atoms with Crippen molar-refractivity contribution >= 4 is 16.9 Å². The summed E-state index contributed by atoms with van der Waals surface area (Å²) in [6.45, 7) is 3.77. The van der Waals surface area contributed by atoms with Crippen LogP contribution in [0.15, 0.2) is 30.3 Å². The van der Waals surface area contributed by atoms with Gasteiger partial charge in [-0.1, -0.05) is 18.2 Å². The molecule has 2 rings (SSSR count). The van der Waals surface area contributed by atoms with Gasteiger partial charge in [0.15, 0.2) is 0 Å². The van der Waals surface area contributed by atoms with Crippen LogP contribution in [-0.2, 0) is 6.42 Å². The Morgan fingerprint density at radius 3 is 2.79 bits per heavy atom. The maximum atomic E-state index is 11.2. The fourth-order valence-corrected chi connectivity index (χ4v) is 1.66. The van der Waals surface area contributed by atoms with Crippen LogP contribution in [0.4, 0.5) is 4.79 Å². The molecule has 1 heterocycles. The van der Waals surface area contributed by atoms with Crippen LogP contribution >= 0.6 is 0 Å². The largest absolute Gasteiger partial charge is 0.351 e. The molecular formula is C11H11N2O. The fraction of sp³-hybridized carbons (Fsp3) is 0.0909. The normalized spacial score (nSPS) is 10.6. The van der Waals surface area contributed by atoms with E-state index in [0.29, 0.717) is 6.42 Å². The standard InChI is InChI=1S/C11H11N2O/c1-2-9-7-8-5-3-4-6-10(8)13(9)11(12)14/h3-7H,1-2H2,(H2,12,14). The van der Waals surface area contributed by atoms with Crippen LogP contribution in [0, 0.1) is 6.92 Å². The van der Waals surface area contributed by atoms with Crippen molar-refractivity contribution in [1.82, 2.24) is 4.57 Å². The van der Waals surface area contributed by atoms with Crippen molar-refractivity contribution in [3.8, 4) is 0 Å². The average molecular weight is 187 g/mol. The summed E-state index contributed by atoms with van der Waals surface area (Å²) in [6.07, 6.45) is 0.553. The summed E-state index contributed by atoms with van der Waals surface area (Å²) >= 11 is 0. The van der Waals surface area contributed by atoms with Gasteiger partial charge in [0.05, 0.1) is 5.52 Å². The van der Waals surface area contributed by atoms with Crippen molar-refractivity contribution in [3.05, 3.63) is 42.9 Å². The molecular weight excluding hydrogens is 176 g/mol. The van der Waals surface area contributed by atoms with Crippen LogP contribution in [-0.4, -0.2) is 10.6 Å². The Labute approximate surface area is 82.1 Å². The summed E-state index contributed by atoms with van der Waals surface area (Å²) in [5, 5.41) is 1.02. The average Bonchev–Trinajstić information content (AvgIpc) is 2.55. The number of aromatic nitrogens is 1. The molecule has 2 N–H and O–H groups in total. The van der Waals surface area contributed by atoms with Gasteiger partial charge in [-0.3, -0.25) is 4.57 Å². The van der Waals surface area contributed by atoms with Gasteiger partial charge in [-0.25, -0.2) is 4.79 Å². The third kappa shape index (κ3) is 1.18. The first kappa shape index (κ1) is 8.81. The highest BCUT2D eigenvalue weighted by Gasteiger charge is 2.09. The highest BCUT2D eigenvalue weighted by Crippen LogP contribution is 2.19. The van der Waals surface area contributed by atoms with Gasteiger partial charge >= 0.3 is 6.03 Å². The highest BCUT2D eigenvalue weighted by molar-refractivity contribution is 5.92. The number of fused-ring (bicyclic) bond motifs is 1. The molecule has 0 unspecified atom stereocenters. The zero-order valence-electron chi connectivity index (χ0n) is 7.73. The second-order valence-corrected chi connectivity index (χ2v) is 3.12. The minimum atomic E-state index is -0.454. The molecule has 0 atom stereocenters. The van der Waals surface area contributed by atoms with Crippen molar-refractivity contribution in [3.63, 3.8) is 0 Å². The van der Waals surface area contributed by atoms with E-state index < -0.39 is 6.03 Å². The molecule has 0 saturated carbocycles. The molecule has 3 heteroatoms. The quantitative estimate of drug-likeness (QED) is 0.728. The molecule has 0 saturated heterocycles. The summed E-state index contributed by atoms with van der Waals surface area (Å²) in [7, 11) is 0. The summed E-state index contributed by atoms with van der Waals surface area (Å²) in [5.41, 5.74) is 6.99. The smallest absolute Gasteiger partial charge is 0.323 e. The molecule has 0 bridgehead atoms. The maximum Gasteiger partial charge on any atom is 0.323 e. The van der Waals surface area contributed by atoms with Crippen molar-refractivity contribution in [1.29, 1.82) is 0 Å². The lowest BCUT2D eigenvalue weighted by atomic mass is 10.2. The third-order valence-corrected chi connectivity index (χ3v) is 2.26. The van der Waals surface area contributed by atoms with E-state index in [0.717, 1.165) is 16.6 Å². The Kier molecular flexibility index (Phi) is 2.00. The SMILES string of the molecule is [CH2]Cc1cc2ccccc2n1C(N)=O.